The highest BCUT2D eigenvalue weighted by Gasteiger charge is 2.06. The van der Waals surface area contributed by atoms with E-state index in [1.807, 2.05) is 6.26 Å². The molecule has 0 saturated carbocycles. The van der Waals surface area contributed by atoms with Crippen LogP contribution in [0.15, 0.2) is 0 Å². The summed E-state index contributed by atoms with van der Waals surface area (Å²) in [4.78, 5) is 0. The second kappa shape index (κ2) is 9.69. The topological polar surface area (TPSA) is 49.7 Å². The highest BCUT2D eigenvalue weighted by atomic mass is 33.1. The predicted molar refractivity (Wildman–Crippen MR) is 62.3 cm³/mol. The van der Waals surface area contributed by atoms with Gasteiger partial charge in [-0.15, -0.1) is 12.3 Å². The average molecular weight is 236 g/mol. The van der Waals surface area contributed by atoms with Gasteiger partial charge in [-0.05, 0) is 6.26 Å². The Bertz CT molecular complexity index is 170. The van der Waals surface area contributed by atoms with E-state index in [2.05, 4.69) is 5.92 Å². The van der Waals surface area contributed by atoms with Crippen molar-refractivity contribution in [2.24, 2.45) is 0 Å². The van der Waals surface area contributed by atoms with Crippen molar-refractivity contribution in [3.63, 3.8) is 0 Å². The van der Waals surface area contributed by atoms with Crippen LogP contribution in [0.5, 0.6) is 0 Å². The molecule has 0 aromatic carbocycles. The van der Waals surface area contributed by atoms with Crippen LogP contribution >= 0.6 is 21.6 Å². The molecule has 5 heteroatoms. The molecule has 0 spiro atoms. The molecule has 0 aliphatic rings. The van der Waals surface area contributed by atoms with E-state index >= 15 is 0 Å². The molecule has 0 aliphatic heterocycles. The first-order valence-electron chi connectivity index (χ1n) is 4.23. The third-order valence-corrected chi connectivity index (χ3v) is 3.22. The van der Waals surface area contributed by atoms with E-state index < -0.39 is 12.2 Å². The minimum atomic E-state index is -0.625. The maximum atomic E-state index is 9.34. The Balaban J connectivity index is 3.30. The van der Waals surface area contributed by atoms with E-state index in [4.69, 9.17) is 11.2 Å². The lowest BCUT2D eigenvalue weighted by atomic mass is 10.3. The molecule has 0 bridgehead atoms. The minimum absolute atomic E-state index is 0.186. The number of aliphatic hydroxyl groups excluding tert-OH is 2. The van der Waals surface area contributed by atoms with Crippen molar-refractivity contribution in [3.05, 3.63) is 0 Å². The highest BCUT2D eigenvalue weighted by molar-refractivity contribution is 8.76. The van der Waals surface area contributed by atoms with Crippen molar-refractivity contribution >= 4 is 21.6 Å². The highest BCUT2D eigenvalue weighted by Crippen LogP contribution is 2.17. The van der Waals surface area contributed by atoms with Crippen molar-refractivity contribution in [2.75, 3.05) is 25.2 Å². The van der Waals surface area contributed by atoms with Gasteiger partial charge in [0.1, 0.15) is 0 Å². The molecule has 2 N–H and O–H groups in total. The second-order valence-corrected chi connectivity index (χ2v) is 5.31. The van der Waals surface area contributed by atoms with Crippen LogP contribution in [0, 0.1) is 12.3 Å². The number of hydrogen-bond acceptors (Lipinski definition) is 5. The molecule has 0 saturated heterocycles. The van der Waals surface area contributed by atoms with Gasteiger partial charge in [-0.2, -0.15) is 0 Å². The van der Waals surface area contributed by atoms with Gasteiger partial charge in [-0.25, -0.2) is 0 Å². The summed E-state index contributed by atoms with van der Waals surface area (Å²) in [5.41, 5.74) is 0. The van der Waals surface area contributed by atoms with Crippen molar-refractivity contribution < 1.29 is 14.9 Å². The zero-order chi connectivity index (χ0) is 10.8. The molecule has 14 heavy (non-hydrogen) atoms. The van der Waals surface area contributed by atoms with E-state index in [0.717, 1.165) is 0 Å². The monoisotopic (exact) mass is 236 g/mol. The van der Waals surface area contributed by atoms with Gasteiger partial charge in [0, 0.05) is 12.2 Å². The van der Waals surface area contributed by atoms with E-state index in [-0.39, 0.29) is 19.6 Å². The van der Waals surface area contributed by atoms with Crippen molar-refractivity contribution in [3.8, 4) is 12.3 Å². The quantitative estimate of drug-likeness (QED) is 0.481. The van der Waals surface area contributed by atoms with Crippen LogP contribution in [0.3, 0.4) is 0 Å². The number of rotatable bonds is 8. The zero-order valence-electron chi connectivity index (χ0n) is 8.18. The van der Waals surface area contributed by atoms with Crippen molar-refractivity contribution in [2.45, 2.75) is 18.6 Å². The maximum Gasteiger partial charge on any atom is 0.0882 e. The van der Waals surface area contributed by atoms with Gasteiger partial charge >= 0.3 is 0 Å². The second-order valence-electron chi connectivity index (χ2n) is 2.70. The van der Waals surface area contributed by atoms with Gasteiger partial charge in [-0.1, -0.05) is 21.6 Å². The Morgan fingerprint density at radius 3 is 2.57 bits per heavy atom. The average Bonchev–Trinajstić information content (AvgIpc) is 2.15. The van der Waals surface area contributed by atoms with Crippen LogP contribution in [0.2, 0.25) is 0 Å². The fourth-order valence-corrected chi connectivity index (χ4v) is 2.00. The summed E-state index contributed by atoms with van der Waals surface area (Å²) in [6.45, 7) is 0.431. The van der Waals surface area contributed by atoms with E-state index in [0.29, 0.717) is 5.75 Å². The van der Waals surface area contributed by atoms with E-state index in [1.165, 1.54) is 0 Å². The SMILES string of the molecule is C#CCC(O)COCC(O)CSSC. The third-order valence-electron chi connectivity index (χ3n) is 1.35. The Morgan fingerprint density at radius 2 is 2.00 bits per heavy atom. The number of terminal acetylenes is 1. The van der Waals surface area contributed by atoms with Crippen molar-refractivity contribution in [1.82, 2.24) is 0 Å². The first-order chi connectivity index (χ1) is 6.70. The van der Waals surface area contributed by atoms with Gasteiger partial charge in [0.25, 0.3) is 0 Å². The van der Waals surface area contributed by atoms with Crippen molar-refractivity contribution in [1.29, 1.82) is 0 Å². The Labute approximate surface area is 93.0 Å². The van der Waals surface area contributed by atoms with Gasteiger partial charge < -0.3 is 14.9 Å². The molecule has 0 aromatic rings. The third kappa shape index (κ3) is 8.73. The molecule has 0 heterocycles. The fraction of sp³-hybridized carbons (Fsp3) is 0.778. The standard InChI is InChI=1S/C9H16O3S2/c1-3-4-8(10)5-12-6-9(11)7-14-13-2/h1,8-11H,4-7H2,2H3. The molecule has 0 fully saturated rings. The summed E-state index contributed by atoms with van der Waals surface area (Å²) >= 11 is 0. The molecular formula is C9H16O3S2. The number of hydrogen-bond donors (Lipinski definition) is 2. The van der Waals surface area contributed by atoms with E-state index in [1.54, 1.807) is 21.6 Å². The van der Waals surface area contributed by atoms with Gasteiger partial charge in [-0.3, -0.25) is 0 Å². The molecule has 2 unspecified atom stereocenters. The molecular weight excluding hydrogens is 220 g/mol. The van der Waals surface area contributed by atoms with Gasteiger partial charge in [0.15, 0.2) is 0 Å². The van der Waals surface area contributed by atoms with Crippen LogP contribution in [-0.4, -0.2) is 47.6 Å². The lowest BCUT2D eigenvalue weighted by Gasteiger charge is -2.12. The largest absolute Gasteiger partial charge is 0.390 e. The lowest BCUT2D eigenvalue weighted by molar-refractivity contribution is 0.00121. The first-order valence-corrected chi connectivity index (χ1v) is 6.96. The molecule has 82 valence electrons. The summed E-state index contributed by atoms with van der Waals surface area (Å²) in [6.07, 6.45) is 6.14. The molecule has 0 radical (unpaired) electrons. The number of aliphatic hydroxyl groups is 2. The number of ether oxygens (including phenoxy) is 1. The predicted octanol–water partition coefficient (Wildman–Crippen LogP) is 0.759. The summed E-state index contributed by atoms with van der Waals surface area (Å²) < 4.78 is 5.09. The lowest BCUT2D eigenvalue weighted by Crippen LogP contribution is -2.22. The Morgan fingerprint density at radius 1 is 1.36 bits per heavy atom. The van der Waals surface area contributed by atoms with E-state index in [9.17, 15) is 10.2 Å². The Hall–Kier alpha value is 0.140. The molecule has 0 amide bonds. The first kappa shape index (κ1) is 14.1. The fourth-order valence-electron chi connectivity index (χ4n) is 0.730. The summed E-state index contributed by atoms with van der Waals surface area (Å²) in [5, 5.41) is 18.5. The van der Waals surface area contributed by atoms with Gasteiger partial charge in [0.05, 0.1) is 25.4 Å². The van der Waals surface area contributed by atoms with Crippen LogP contribution < -0.4 is 0 Å². The molecule has 0 aromatic heterocycles. The summed E-state index contributed by atoms with van der Waals surface area (Å²) in [7, 11) is 3.18. The van der Waals surface area contributed by atoms with Crippen LogP contribution in [0.1, 0.15) is 6.42 Å². The summed E-state index contributed by atoms with van der Waals surface area (Å²) in [6, 6.07) is 0. The molecule has 3 nitrogen and oxygen atoms in total. The Kier molecular flexibility index (Phi) is 9.78. The molecule has 0 aliphatic carbocycles. The van der Waals surface area contributed by atoms with Gasteiger partial charge in [0.2, 0.25) is 0 Å². The normalized spacial score (nSPS) is 14.7. The molecule has 0 rings (SSSR count). The zero-order valence-corrected chi connectivity index (χ0v) is 9.81. The van der Waals surface area contributed by atoms with Crippen LogP contribution in [0.4, 0.5) is 0 Å². The van der Waals surface area contributed by atoms with Crippen LogP contribution in [-0.2, 0) is 4.74 Å². The summed E-state index contributed by atoms with van der Waals surface area (Å²) in [5.74, 6) is 2.97. The maximum absolute atomic E-state index is 9.34. The smallest absolute Gasteiger partial charge is 0.0882 e. The molecule has 2 atom stereocenters. The van der Waals surface area contributed by atoms with Crippen LogP contribution in [0.25, 0.3) is 0 Å². The minimum Gasteiger partial charge on any atom is -0.390 e.